The second-order valence-electron chi connectivity index (χ2n) is 7.31. The van der Waals surface area contributed by atoms with Crippen LogP contribution in [-0.2, 0) is 9.59 Å². The Morgan fingerprint density at radius 1 is 0.933 bits per heavy atom. The summed E-state index contributed by atoms with van der Waals surface area (Å²) < 4.78 is 0. The number of rotatable bonds is 4. The first-order chi connectivity index (χ1) is 14.5. The molecule has 0 saturated carbocycles. The molecule has 0 aromatic heterocycles. The van der Waals surface area contributed by atoms with Crippen LogP contribution >= 0.6 is 11.6 Å². The van der Waals surface area contributed by atoms with Crippen molar-refractivity contribution in [3.8, 4) is 0 Å². The molecule has 2 N–H and O–H groups in total. The summed E-state index contributed by atoms with van der Waals surface area (Å²) >= 11 is 6.97. The third-order valence-electron chi connectivity index (χ3n) is 5.72. The van der Waals surface area contributed by atoms with Gasteiger partial charge < -0.3 is 20.0 Å². The van der Waals surface area contributed by atoms with Crippen molar-refractivity contribution in [2.45, 2.75) is 17.1 Å². The average Bonchev–Trinajstić information content (AvgIpc) is 3.07. The average molecular weight is 432 g/mol. The van der Waals surface area contributed by atoms with Gasteiger partial charge in [0.05, 0.1) is 12.6 Å². The number of anilines is 1. The molecule has 8 heteroatoms. The Morgan fingerprint density at radius 2 is 1.47 bits per heavy atom. The lowest BCUT2D eigenvalue weighted by atomic mass is 9.99. The third-order valence-corrected chi connectivity index (χ3v) is 6.30. The second kappa shape index (κ2) is 9.93. The molecule has 2 fully saturated rings. The van der Waals surface area contributed by atoms with Crippen molar-refractivity contribution in [2.24, 2.45) is 0 Å². The summed E-state index contributed by atoms with van der Waals surface area (Å²) in [7, 11) is 0. The van der Waals surface area contributed by atoms with E-state index in [-0.39, 0.29) is 6.47 Å². The van der Waals surface area contributed by atoms with E-state index in [4.69, 9.17) is 21.5 Å². The van der Waals surface area contributed by atoms with Gasteiger partial charge in [0.25, 0.3) is 6.47 Å². The van der Waals surface area contributed by atoms with E-state index in [0.717, 1.165) is 38.2 Å². The van der Waals surface area contributed by atoms with E-state index in [9.17, 15) is 9.90 Å². The van der Waals surface area contributed by atoms with Crippen LogP contribution in [0.15, 0.2) is 60.7 Å². The van der Waals surface area contributed by atoms with E-state index >= 15 is 0 Å². The number of nitrogens with zero attached hydrogens (tertiary/aromatic N) is 3. The number of para-hydroxylation sites is 1. The molecule has 3 atom stereocenters. The lowest BCUT2D eigenvalue weighted by molar-refractivity contribution is -0.123. The molecule has 2 aromatic rings. The van der Waals surface area contributed by atoms with Crippen molar-refractivity contribution in [1.82, 2.24) is 9.80 Å². The number of halogens is 1. The Hall–Kier alpha value is -2.61. The minimum absolute atomic E-state index is 0.250. The van der Waals surface area contributed by atoms with E-state index in [1.807, 2.05) is 48.5 Å². The maximum Gasteiger partial charge on any atom is 0.290 e. The van der Waals surface area contributed by atoms with Crippen LogP contribution < -0.4 is 4.90 Å². The van der Waals surface area contributed by atoms with Crippen molar-refractivity contribution >= 4 is 30.2 Å². The summed E-state index contributed by atoms with van der Waals surface area (Å²) in [6.07, 6.45) is -0.0550. The third kappa shape index (κ3) is 4.43. The smallest absolute Gasteiger partial charge is 0.290 e. The maximum atomic E-state index is 11.7. The normalized spacial score (nSPS) is 26.6. The largest absolute Gasteiger partial charge is 0.483 e. The molecule has 2 aliphatic rings. The monoisotopic (exact) mass is 431 g/mol. The van der Waals surface area contributed by atoms with Gasteiger partial charge in [0, 0.05) is 31.9 Å². The van der Waals surface area contributed by atoms with Crippen molar-refractivity contribution in [3.63, 3.8) is 0 Å². The number of carbonyl (C=O) groups excluding carboxylic acids is 1. The number of aliphatic hydroxyl groups excluding tert-OH is 1. The van der Waals surface area contributed by atoms with Gasteiger partial charge in [0.15, 0.2) is 0 Å². The Labute approximate surface area is 181 Å². The number of carboxylic acid groups (broad SMARTS) is 1. The van der Waals surface area contributed by atoms with Crippen molar-refractivity contribution in [3.05, 3.63) is 66.2 Å². The Morgan fingerprint density at radius 3 is 2.00 bits per heavy atom. The van der Waals surface area contributed by atoms with Gasteiger partial charge in [-0.3, -0.25) is 14.5 Å². The van der Waals surface area contributed by atoms with Gasteiger partial charge >= 0.3 is 0 Å². The summed E-state index contributed by atoms with van der Waals surface area (Å²) in [6.45, 7) is 3.21. The molecule has 0 aliphatic carbocycles. The molecule has 3 unspecified atom stereocenters. The van der Waals surface area contributed by atoms with Gasteiger partial charge in [-0.15, -0.1) is 0 Å². The summed E-state index contributed by atoms with van der Waals surface area (Å²) in [5.74, 6) is 0. The molecular weight excluding hydrogens is 406 g/mol. The zero-order valence-electron chi connectivity index (χ0n) is 16.5. The van der Waals surface area contributed by atoms with E-state index in [1.54, 1.807) is 4.90 Å². The Bertz CT molecular complexity index is 818. The first kappa shape index (κ1) is 22.1. The number of hydrogen-bond donors (Lipinski definition) is 2. The highest BCUT2D eigenvalue weighted by Crippen LogP contribution is 2.43. The van der Waals surface area contributed by atoms with Gasteiger partial charge in [-0.2, -0.15) is 0 Å². The molecule has 160 valence electrons. The maximum absolute atomic E-state index is 11.7. The Kier molecular flexibility index (Phi) is 7.31. The van der Waals surface area contributed by atoms with Crippen LogP contribution in [-0.4, -0.2) is 76.7 Å². The highest BCUT2D eigenvalue weighted by atomic mass is 35.5. The number of piperazine rings is 1. The lowest BCUT2D eigenvalue weighted by Gasteiger charge is -2.44. The first-order valence-corrected chi connectivity index (χ1v) is 10.2. The van der Waals surface area contributed by atoms with Crippen LogP contribution in [0.25, 0.3) is 0 Å². The van der Waals surface area contributed by atoms with Crippen LogP contribution in [0.3, 0.4) is 0 Å². The van der Waals surface area contributed by atoms with Crippen molar-refractivity contribution in [1.29, 1.82) is 0 Å². The second-order valence-corrected chi connectivity index (χ2v) is 7.97. The van der Waals surface area contributed by atoms with Crippen LogP contribution in [0.2, 0.25) is 0 Å². The van der Waals surface area contributed by atoms with Gasteiger partial charge in [-0.1, -0.05) is 60.1 Å². The number of benzene rings is 2. The van der Waals surface area contributed by atoms with Crippen LogP contribution in [0.1, 0.15) is 11.6 Å². The molecule has 2 aliphatic heterocycles. The van der Waals surface area contributed by atoms with Gasteiger partial charge in [0.1, 0.15) is 11.1 Å². The van der Waals surface area contributed by atoms with E-state index in [2.05, 4.69) is 21.9 Å². The molecule has 0 spiro atoms. The highest BCUT2D eigenvalue weighted by Gasteiger charge is 2.55. The lowest BCUT2D eigenvalue weighted by Crippen LogP contribution is -2.59. The van der Waals surface area contributed by atoms with Crippen LogP contribution in [0.5, 0.6) is 0 Å². The SMILES string of the molecule is O=CN1CC(Cl)(N2CCN(c3ccccc3)CC2)C(O)C1c1ccccc1.O=CO. The van der Waals surface area contributed by atoms with E-state index < -0.39 is 17.1 Å². The standard InChI is InChI=1S/C21H24ClN3O2.CH2O2/c22-21(25-13-11-23(12-14-25)18-9-5-2-6-10-18)15-24(16-26)19(20(21)27)17-7-3-1-4-8-17;2-1-3/h1-10,16,19-20,27H,11-15H2;1H,(H,2,3). The number of carbonyl (C=O) groups is 2. The zero-order valence-corrected chi connectivity index (χ0v) is 17.3. The minimum Gasteiger partial charge on any atom is -0.483 e. The van der Waals surface area contributed by atoms with Crippen LogP contribution in [0, 0.1) is 0 Å². The topological polar surface area (TPSA) is 84.3 Å². The fourth-order valence-electron chi connectivity index (χ4n) is 4.26. The molecule has 7 nitrogen and oxygen atoms in total. The summed E-state index contributed by atoms with van der Waals surface area (Å²) in [5, 5.41) is 18.0. The van der Waals surface area contributed by atoms with Crippen molar-refractivity contribution in [2.75, 3.05) is 37.6 Å². The number of alkyl halides is 1. The fourth-order valence-corrected chi connectivity index (χ4v) is 4.69. The van der Waals surface area contributed by atoms with Gasteiger partial charge in [0.2, 0.25) is 6.41 Å². The minimum atomic E-state index is -0.968. The van der Waals surface area contributed by atoms with Gasteiger partial charge in [-0.05, 0) is 17.7 Å². The highest BCUT2D eigenvalue weighted by molar-refractivity contribution is 6.24. The molecule has 1 amide bonds. The number of likely N-dealkylation sites (tertiary alicyclic amines) is 1. The predicted octanol–water partition coefficient (Wildman–Crippen LogP) is 2.02. The zero-order chi connectivity index (χ0) is 21.6. The Balaban J connectivity index is 0.000000806. The van der Waals surface area contributed by atoms with E-state index in [1.165, 1.54) is 5.69 Å². The molecule has 30 heavy (non-hydrogen) atoms. The molecule has 2 aromatic carbocycles. The molecule has 0 bridgehead atoms. The summed E-state index contributed by atoms with van der Waals surface area (Å²) in [4.78, 5) is 25.1. The van der Waals surface area contributed by atoms with E-state index in [0.29, 0.717) is 6.54 Å². The molecule has 2 heterocycles. The summed E-state index contributed by atoms with van der Waals surface area (Å²) in [5.41, 5.74) is 2.10. The van der Waals surface area contributed by atoms with Gasteiger partial charge in [-0.25, -0.2) is 0 Å². The number of amides is 1. The molecule has 2 saturated heterocycles. The number of aliphatic hydroxyl groups is 1. The quantitative estimate of drug-likeness (QED) is 0.437. The molecule has 4 rings (SSSR count). The molecular formula is C22H26ClN3O4. The van der Waals surface area contributed by atoms with Crippen molar-refractivity contribution < 1.29 is 19.8 Å². The fraction of sp³-hybridized carbons (Fsp3) is 0.364. The summed E-state index contributed by atoms with van der Waals surface area (Å²) in [6, 6.07) is 19.5. The first-order valence-electron chi connectivity index (χ1n) is 9.81. The molecule has 0 radical (unpaired) electrons. The predicted molar refractivity (Wildman–Crippen MR) is 115 cm³/mol. The number of hydrogen-bond acceptors (Lipinski definition) is 5. The van der Waals surface area contributed by atoms with Crippen LogP contribution in [0.4, 0.5) is 5.69 Å².